The van der Waals surface area contributed by atoms with Crippen LogP contribution in [-0.4, -0.2) is 5.11 Å². The lowest BCUT2D eigenvalue weighted by atomic mass is 10.2. The average molecular weight is 136 g/mol. The Kier molecular flexibility index (Phi) is 3.26. The van der Waals surface area contributed by atoms with Crippen molar-refractivity contribution >= 4 is 6.08 Å². The molecular formula is C9H12O. The summed E-state index contributed by atoms with van der Waals surface area (Å²) < 4.78 is 0. The summed E-state index contributed by atoms with van der Waals surface area (Å²) in [6.45, 7) is 3.53. The minimum Gasteiger partial charge on any atom is -0.507 e. The fourth-order valence-corrected chi connectivity index (χ4v) is 0.660. The Hall–Kier alpha value is -1.24. The summed E-state index contributed by atoms with van der Waals surface area (Å²) in [6, 6.07) is 7.08. The van der Waals surface area contributed by atoms with E-state index in [9.17, 15) is 0 Å². The third-order valence-electron chi connectivity index (χ3n) is 1.16. The third kappa shape index (κ3) is 1.62. The summed E-state index contributed by atoms with van der Waals surface area (Å²) in [5.74, 6) is 0.285. The van der Waals surface area contributed by atoms with E-state index in [1.54, 1.807) is 18.2 Å². The molecule has 1 heteroatoms. The van der Waals surface area contributed by atoms with Crippen LogP contribution in [0.1, 0.15) is 13.0 Å². The van der Waals surface area contributed by atoms with Gasteiger partial charge >= 0.3 is 0 Å². The van der Waals surface area contributed by atoms with Crippen LogP contribution in [0, 0.1) is 0 Å². The van der Waals surface area contributed by atoms with Crippen LogP contribution in [0.15, 0.2) is 30.8 Å². The zero-order valence-electron chi connectivity index (χ0n) is 5.04. The first kappa shape index (κ1) is 8.76. The topological polar surface area (TPSA) is 20.2 Å². The van der Waals surface area contributed by atoms with Gasteiger partial charge in [0.25, 0.3) is 0 Å². The maximum absolute atomic E-state index is 9.04. The molecule has 1 aromatic rings. The molecule has 0 fully saturated rings. The molecule has 54 valence electrons. The van der Waals surface area contributed by atoms with Crippen LogP contribution in [0.25, 0.3) is 6.08 Å². The van der Waals surface area contributed by atoms with Crippen LogP contribution in [0.2, 0.25) is 0 Å². The number of rotatable bonds is 1. The quantitative estimate of drug-likeness (QED) is 0.629. The minimum absolute atomic E-state index is 0. The molecular weight excluding hydrogens is 124 g/mol. The van der Waals surface area contributed by atoms with Crippen molar-refractivity contribution in [3.8, 4) is 5.75 Å². The van der Waals surface area contributed by atoms with Crippen molar-refractivity contribution < 1.29 is 5.11 Å². The van der Waals surface area contributed by atoms with E-state index in [-0.39, 0.29) is 13.2 Å². The Morgan fingerprint density at radius 2 is 1.90 bits per heavy atom. The lowest BCUT2D eigenvalue weighted by molar-refractivity contribution is 0.474. The summed E-state index contributed by atoms with van der Waals surface area (Å²) in [7, 11) is 0. The zero-order chi connectivity index (χ0) is 6.69. The highest BCUT2D eigenvalue weighted by molar-refractivity contribution is 5.54. The van der Waals surface area contributed by atoms with E-state index in [2.05, 4.69) is 6.58 Å². The van der Waals surface area contributed by atoms with Crippen molar-refractivity contribution in [1.29, 1.82) is 0 Å². The van der Waals surface area contributed by atoms with E-state index in [0.717, 1.165) is 5.56 Å². The molecule has 0 bridgehead atoms. The molecule has 0 amide bonds. The minimum atomic E-state index is 0. The standard InChI is InChI=1S/C8H8O.CH4/c1-2-7-5-3-4-6-8(7)9;/h2-6,9H,1H2;1H4. The van der Waals surface area contributed by atoms with Crippen molar-refractivity contribution in [2.75, 3.05) is 0 Å². The predicted octanol–water partition coefficient (Wildman–Crippen LogP) is 2.67. The molecule has 0 aliphatic heterocycles. The van der Waals surface area contributed by atoms with E-state index in [1.165, 1.54) is 0 Å². The number of hydrogen-bond acceptors (Lipinski definition) is 1. The third-order valence-corrected chi connectivity index (χ3v) is 1.16. The highest BCUT2D eigenvalue weighted by Gasteiger charge is 1.89. The molecule has 0 atom stereocenters. The smallest absolute Gasteiger partial charge is 0.122 e. The second kappa shape index (κ2) is 3.72. The van der Waals surface area contributed by atoms with Crippen LogP contribution in [0.3, 0.4) is 0 Å². The fraction of sp³-hybridized carbons (Fsp3) is 0.111. The van der Waals surface area contributed by atoms with Gasteiger partial charge in [-0.15, -0.1) is 0 Å². The number of aromatic hydroxyl groups is 1. The number of phenols is 1. The molecule has 1 N–H and O–H groups in total. The van der Waals surface area contributed by atoms with Crippen molar-refractivity contribution in [2.24, 2.45) is 0 Å². The van der Waals surface area contributed by atoms with Crippen LogP contribution in [0.4, 0.5) is 0 Å². The van der Waals surface area contributed by atoms with Crippen LogP contribution in [-0.2, 0) is 0 Å². The number of benzene rings is 1. The molecule has 0 heterocycles. The fourth-order valence-electron chi connectivity index (χ4n) is 0.660. The molecule has 0 aliphatic rings. The number of para-hydroxylation sites is 1. The maximum atomic E-state index is 9.04. The van der Waals surface area contributed by atoms with Gasteiger partial charge in [-0.1, -0.05) is 38.3 Å². The van der Waals surface area contributed by atoms with E-state index in [0.29, 0.717) is 0 Å². The van der Waals surface area contributed by atoms with Crippen molar-refractivity contribution in [1.82, 2.24) is 0 Å². The van der Waals surface area contributed by atoms with E-state index in [1.807, 2.05) is 12.1 Å². The number of hydrogen-bond donors (Lipinski definition) is 1. The Morgan fingerprint density at radius 1 is 1.30 bits per heavy atom. The summed E-state index contributed by atoms with van der Waals surface area (Å²) >= 11 is 0. The summed E-state index contributed by atoms with van der Waals surface area (Å²) in [5, 5.41) is 9.04. The molecule has 0 saturated carbocycles. The maximum Gasteiger partial charge on any atom is 0.122 e. The van der Waals surface area contributed by atoms with Gasteiger partial charge in [0.2, 0.25) is 0 Å². The SMILES string of the molecule is C.C=Cc1ccccc1O. The van der Waals surface area contributed by atoms with Crippen LogP contribution < -0.4 is 0 Å². The van der Waals surface area contributed by atoms with Gasteiger partial charge in [-0.25, -0.2) is 0 Å². The lowest BCUT2D eigenvalue weighted by Crippen LogP contribution is -1.69. The van der Waals surface area contributed by atoms with Gasteiger partial charge in [0.15, 0.2) is 0 Å². The van der Waals surface area contributed by atoms with Crippen molar-refractivity contribution in [2.45, 2.75) is 7.43 Å². The zero-order valence-corrected chi connectivity index (χ0v) is 5.04. The first-order chi connectivity index (χ1) is 4.34. The molecule has 10 heavy (non-hydrogen) atoms. The average Bonchev–Trinajstić information content (AvgIpc) is 1.89. The molecule has 0 aliphatic carbocycles. The van der Waals surface area contributed by atoms with Gasteiger partial charge in [0.1, 0.15) is 5.75 Å². The Balaban J connectivity index is 0.000000810. The van der Waals surface area contributed by atoms with Gasteiger partial charge in [-0.3, -0.25) is 0 Å². The molecule has 0 spiro atoms. The molecule has 0 aromatic heterocycles. The Labute approximate surface area is 61.6 Å². The van der Waals surface area contributed by atoms with Crippen LogP contribution >= 0.6 is 0 Å². The van der Waals surface area contributed by atoms with E-state index < -0.39 is 0 Å². The molecule has 1 rings (SSSR count). The Bertz CT molecular complexity index is 216. The predicted molar refractivity (Wildman–Crippen MR) is 44.9 cm³/mol. The lowest BCUT2D eigenvalue weighted by Gasteiger charge is -1.93. The van der Waals surface area contributed by atoms with Gasteiger partial charge in [0, 0.05) is 5.56 Å². The summed E-state index contributed by atoms with van der Waals surface area (Å²) in [5.41, 5.74) is 0.775. The first-order valence-electron chi connectivity index (χ1n) is 2.75. The van der Waals surface area contributed by atoms with Gasteiger partial charge in [-0.05, 0) is 6.07 Å². The second-order valence-electron chi connectivity index (χ2n) is 1.76. The Morgan fingerprint density at radius 3 is 2.30 bits per heavy atom. The first-order valence-corrected chi connectivity index (χ1v) is 2.75. The van der Waals surface area contributed by atoms with Gasteiger partial charge in [0.05, 0.1) is 0 Å². The number of phenolic OH excluding ortho intramolecular Hbond substituents is 1. The highest BCUT2D eigenvalue weighted by Crippen LogP contribution is 2.15. The van der Waals surface area contributed by atoms with Gasteiger partial charge < -0.3 is 5.11 Å². The van der Waals surface area contributed by atoms with E-state index in [4.69, 9.17) is 5.11 Å². The molecule has 0 radical (unpaired) electrons. The normalized spacial score (nSPS) is 8.00. The van der Waals surface area contributed by atoms with Crippen molar-refractivity contribution in [3.05, 3.63) is 36.4 Å². The largest absolute Gasteiger partial charge is 0.507 e. The van der Waals surface area contributed by atoms with E-state index >= 15 is 0 Å². The summed E-state index contributed by atoms with van der Waals surface area (Å²) in [6.07, 6.45) is 1.62. The molecule has 1 aromatic carbocycles. The highest BCUT2D eigenvalue weighted by atomic mass is 16.3. The monoisotopic (exact) mass is 136 g/mol. The van der Waals surface area contributed by atoms with Gasteiger partial charge in [-0.2, -0.15) is 0 Å². The molecule has 0 saturated heterocycles. The second-order valence-corrected chi connectivity index (χ2v) is 1.76. The summed E-state index contributed by atoms with van der Waals surface area (Å²) in [4.78, 5) is 0. The molecule has 1 nitrogen and oxygen atoms in total. The van der Waals surface area contributed by atoms with Crippen molar-refractivity contribution in [3.63, 3.8) is 0 Å². The molecule has 0 unspecified atom stereocenters. The van der Waals surface area contributed by atoms with Crippen LogP contribution in [0.5, 0.6) is 5.75 Å².